The van der Waals surface area contributed by atoms with Crippen LogP contribution in [0.5, 0.6) is 0 Å². The lowest BCUT2D eigenvalue weighted by atomic mass is 10.4. The van der Waals surface area contributed by atoms with Crippen LogP contribution in [0.25, 0.3) is 0 Å². The largest absolute Gasteiger partial charge is 0.348 e. The van der Waals surface area contributed by atoms with Crippen LogP contribution in [0.15, 0.2) is 0 Å². The maximum Gasteiger partial charge on any atom is 0.163 e. The van der Waals surface area contributed by atoms with E-state index in [4.69, 9.17) is 15.4 Å². The minimum Gasteiger partial charge on any atom is -0.348 e. The van der Waals surface area contributed by atoms with Gasteiger partial charge in [-0.25, -0.2) is 5.90 Å². The van der Waals surface area contributed by atoms with Crippen molar-refractivity contribution in [2.45, 2.75) is 39.6 Å². The first kappa shape index (κ1) is 11.8. The fourth-order valence-corrected chi connectivity index (χ4v) is 0.953. The molecular weight excluding hydrogens is 158 g/mol. The molecule has 2 N–H and O–H groups in total. The van der Waals surface area contributed by atoms with Gasteiger partial charge in [0.25, 0.3) is 0 Å². The molecular formula is C8H19NO3. The molecule has 0 aromatic rings. The number of nitrogens with two attached hydrogens (primary N) is 1. The fraction of sp³-hybridized carbons (Fsp3) is 1.00. The Balaban J connectivity index is 0.000000561. The zero-order valence-corrected chi connectivity index (χ0v) is 8.29. The van der Waals surface area contributed by atoms with E-state index in [1.807, 2.05) is 27.7 Å². The molecule has 1 fully saturated rings. The standard InChI is InChI=1S/C6H13NO3.C2H6/c1-6(2)8-3-5(10-6)4-9-7;1-2/h5H,3-4,7H2,1-2H3;1-2H3. The molecule has 4 nitrogen and oxygen atoms in total. The molecule has 1 heterocycles. The Morgan fingerprint density at radius 3 is 2.42 bits per heavy atom. The maximum absolute atomic E-state index is 5.36. The monoisotopic (exact) mass is 177 g/mol. The first-order valence-electron chi connectivity index (χ1n) is 4.27. The minimum absolute atomic E-state index is 0.0139. The molecule has 1 atom stereocenters. The molecule has 4 heteroatoms. The molecule has 0 aromatic carbocycles. The van der Waals surface area contributed by atoms with Gasteiger partial charge in [0.15, 0.2) is 5.79 Å². The van der Waals surface area contributed by atoms with Gasteiger partial charge in [0.1, 0.15) is 6.10 Å². The summed E-state index contributed by atoms with van der Waals surface area (Å²) >= 11 is 0. The number of ether oxygens (including phenoxy) is 2. The molecule has 0 aliphatic carbocycles. The fourth-order valence-electron chi connectivity index (χ4n) is 0.953. The van der Waals surface area contributed by atoms with Crippen molar-refractivity contribution in [3.05, 3.63) is 0 Å². The summed E-state index contributed by atoms with van der Waals surface area (Å²) in [6.45, 7) is 8.68. The van der Waals surface area contributed by atoms with Crippen LogP contribution in [0.4, 0.5) is 0 Å². The van der Waals surface area contributed by atoms with Crippen LogP contribution in [-0.2, 0) is 14.3 Å². The van der Waals surface area contributed by atoms with Crippen molar-refractivity contribution < 1.29 is 14.3 Å². The molecule has 0 amide bonds. The predicted molar refractivity (Wildman–Crippen MR) is 46.4 cm³/mol. The van der Waals surface area contributed by atoms with Gasteiger partial charge in [0.2, 0.25) is 0 Å². The van der Waals surface area contributed by atoms with E-state index in [1.54, 1.807) is 0 Å². The van der Waals surface area contributed by atoms with Crippen LogP contribution in [0, 0.1) is 0 Å². The summed E-state index contributed by atoms with van der Waals surface area (Å²) in [5, 5.41) is 0. The highest BCUT2D eigenvalue weighted by Crippen LogP contribution is 2.21. The van der Waals surface area contributed by atoms with Gasteiger partial charge >= 0.3 is 0 Å². The van der Waals surface area contributed by atoms with Crippen molar-refractivity contribution in [3.63, 3.8) is 0 Å². The first-order valence-corrected chi connectivity index (χ1v) is 4.27. The van der Waals surface area contributed by atoms with Gasteiger partial charge in [-0.2, -0.15) is 0 Å². The molecule has 1 aliphatic heterocycles. The topological polar surface area (TPSA) is 53.7 Å². The lowest BCUT2D eigenvalue weighted by molar-refractivity contribution is -0.145. The second kappa shape index (κ2) is 5.48. The SMILES string of the molecule is CC.CC1(C)OCC(CON)O1. The van der Waals surface area contributed by atoms with Crippen molar-refractivity contribution in [3.8, 4) is 0 Å². The number of hydrogen-bond donors (Lipinski definition) is 1. The second-order valence-corrected chi connectivity index (χ2v) is 2.78. The molecule has 0 radical (unpaired) electrons. The van der Waals surface area contributed by atoms with E-state index >= 15 is 0 Å². The van der Waals surface area contributed by atoms with Crippen molar-refractivity contribution in [1.29, 1.82) is 0 Å². The smallest absolute Gasteiger partial charge is 0.163 e. The van der Waals surface area contributed by atoms with E-state index in [1.165, 1.54) is 0 Å². The zero-order chi connectivity index (χ0) is 9.61. The van der Waals surface area contributed by atoms with Crippen LogP contribution in [0.1, 0.15) is 27.7 Å². The average molecular weight is 177 g/mol. The Kier molecular flexibility index (Phi) is 5.41. The Morgan fingerprint density at radius 1 is 1.50 bits per heavy atom. The van der Waals surface area contributed by atoms with E-state index in [-0.39, 0.29) is 6.10 Å². The van der Waals surface area contributed by atoms with Gasteiger partial charge in [-0.3, -0.25) is 0 Å². The van der Waals surface area contributed by atoms with E-state index in [0.717, 1.165) is 0 Å². The van der Waals surface area contributed by atoms with E-state index in [2.05, 4.69) is 4.84 Å². The van der Waals surface area contributed by atoms with Gasteiger partial charge in [-0.15, -0.1) is 0 Å². The van der Waals surface area contributed by atoms with Crippen molar-refractivity contribution in [2.24, 2.45) is 5.90 Å². The summed E-state index contributed by atoms with van der Waals surface area (Å²) in [5.41, 5.74) is 0. The molecule has 0 spiro atoms. The highest BCUT2D eigenvalue weighted by atomic mass is 16.8. The molecule has 0 saturated carbocycles. The molecule has 1 unspecified atom stereocenters. The highest BCUT2D eigenvalue weighted by molar-refractivity contribution is 4.69. The summed E-state index contributed by atoms with van der Waals surface area (Å²) in [4.78, 5) is 4.41. The first-order chi connectivity index (χ1) is 5.64. The van der Waals surface area contributed by atoms with E-state index in [0.29, 0.717) is 13.2 Å². The highest BCUT2D eigenvalue weighted by Gasteiger charge is 2.32. The van der Waals surface area contributed by atoms with E-state index in [9.17, 15) is 0 Å². The predicted octanol–water partition coefficient (Wildman–Crippen LogP) is 1.05. The van der Waals surface area contributed by atoms with Crippen molar-refractivity contribution >= 4 is 0 Å². The Morgan fingerprint density at radius 2 is 2.08 bits per heavy atom. The molecule has 1 saturated heterocycles. The summed E-state index contributed by atoms with van der Waals surface area (Å²) in [5.74, 6) is 4.39. The van der Waals surface area contributed by atoms with Gasteiger partial charge in [0.05, 0.1) is 13.2 Å². The lowest BCUT2D eigenvalue weighted by Gasteiger charge is -2.16. The summed E-state index contributed by atoms with van der Waals surface area (Å²) in [6, 6.07) is 0. The van der Waals surface area contributed by atoms with Crippen LogP contribution < -0.4 is 5.90 Å². The maximum atomic E-state index is 5.36. The zero-order valence-electron chi connectivity index (χ0n) is 8.29. The molecule has 1 aliphatic rings. The Labute approximate surface area is 73.9 Å². The third-order valence-electron chi connectivity index (χ3n) is 1.35. The van der Waals surface area contributed by atoms with E-state index < -0.39 is 5.79 Å². The molecule has 0 aromatic heterocycles. The molecule has 0 bridgehead atoms. The quantitative estimate of drug-likeness (QED) is 0.641. The summed E-state index contributed by atoms with van der Waals surface area (Å²) in [7, 11) is 0. The molecule has 1 rings (SSSR count). The number of rotatable bonds is 2. The lowest BCUT2D eigenvalue weighted by Crippen LogP contribution is -2.25. The van der Waals surface area contributed by atoms with Crippen molar-refractivity contribution in [2.75, 3.05) is 13.2 Å². The third kappa shape index (κ3) is 4.01. The van der Waals surface area contributed by atoms with Crippen LogP contribution in [-0.4, -0.2) is 25.1 Å². The van der Waals surface area contributed by atoms with Crippen LogP contribution >= 0.6 is 0 Å². The second-order valence-electron chi connectivity index (χ2n) is 2.78. The summed E-state index contributed by atoms with van der Waals surface area (Å²) in [6.07, 6.45) is -0.0139. The van der Waals surface area contributed by atoms with Gasteiger partial charge < -0.3 is 14.3 Å². The average Bonchev–Trinajstić information content (AvgIpc) is 2.35. The van der Waals surface area contributed by atoms with Crippen LogP contribution in [0.2, 0.25) is 0 Å². The van der Waals surface area contributed by atoms with Gasteiger partial charge in [-0.05, 0) is 13.8 Å². The summed E-state index contributed by atoms with van der Waals surface area (Å²) < 4.78 is 10.6. The minimum atomic E-state index is -0.469. The van der Waals surface area contributed by atoms with Crippen LogP contribution in [0.3, 0.4) is 0 Å². The van der Waals surface area contributed by atoms with Crippen molar-refractivity contribution in [1.82, 2.24) is 0 Å². The molecule has 12 heavy (non-hydrogen) atoms. The van der Waals surface area contributed by atoms with Gasteiger partial charge in [-0.1, -0.05) is 13.8 Å². The normalized spacial score (nSPS) is 26.2. The molecule has 74 valence electrons. The van der Waals surface area contributed by atoms with Gasteiger partial charge in [0, 0.05) is 0 Å². The Bertz CT molecular complexity index is 117. The third-order valence-corrected chi connectivity index (χ3v) is 1.35. The Hall–Kier alpha value is -0.160. The number of hydrogen-bond acceptors (Lipinski definition) is 4.